The van der Waals surface area contributed by atoms with Crippen LogP contribution in [0.2, 0.25) is 0 Å². The maximum absolute atomic E-state index is 13.2. The monoisotopic (exact) mass is 377 g/mol. The summed E-state index contributed by atoms with van der Waals surface area (Å²) in [4.78, 5) is 22.7. The van der Waals surface area contributed by atoms with Crippen molar-refractivity contribution >= 4 is 27.7 Å². The van der Waals surface area contributed by atoms with Gasteiger partial charge in [-0.2, -0.15) is 0 Å². The smallest absolute Gasteiger partial charge is 0.253 e. The quantitative estimate of drug-likeness (QED) is 0.644. The fourth-order valence-corrected chi connectivity index (χ4v) is 3.79. The Labute approximate surface area is 163 Å². The third-order valence-electron chi connectivity index (χ3n) is 5.10. The zero-order valence-corrected chi connectivity index (χ0v) is 15.7. The van der Waals surface area contributed by atoms with Crippen LogP contribution in [0.15, 0.2) is 66.6 Å². The minimum atomic E-state index is -0.104. The van der Waals surface area contributed by atoms with Gasteiger partial charge in [0.05, 0.1) is 11.1 Å². The van der Waals surface area contributed by atoms with E-state index in [4.69, 9.17) is 15.5 Å². The first-order valence-corrected chi connectivity index (χ1v) is 9.34. The van der Waals surface area contributed by atoms with Gasteiger partial charge in [0, 0.05) is 29.4 Å². The Kier molecular flexibility index (Phi) is 5.04. The molecule has 1 unspecified atom stereocenters. The highest BCUT2D eigenvalue weighted by molar-refractivity contribution is 6.15. The Morgan fingerprint density at radius 2 is 1.96 bits per heavy atom. The molecule has 0 radical (unpaired) electrons. The van der Waals surface area contributed by atoms with Crippen LogP contribution in [-0.4, -0.2) is 23.1 Å². The molecule has 1 aromatic heterocycles. The average Bonchev–Trinajstić information content (AvgIpc) is 3.02. The van der Waals surface area contributed by atoms with Crippen molar-refractivity contribution < 1.29 is 14.6 Å². The fourth-order valence-electron chi connectivity index (χ4n) is 3.79. The van der Waals surface area contributed by atoms with Crippen molar-refractivity contribution in [2.24, 2.45) is 12.8 Å². The van der Waals surface area contributed by atoms with Gasteiger partial charge >= 0.3 is 0 Å². The van der Waals surface area contributed by atoms with E-state index in [0.29, 0.717) is 24.9 Å². The molecule has 4 rings (SSSR count). The summed E-state index contributed by atoms with van der Waals surface area (Å²) in [5, 5.41) is 5.36. The van der Waals surface area contributed by atoms with Crippen LogP contribution in [0.5, 0.6) is 0 Å². The van der Waals surface area contributed by atoms with E-state index < -0.39 is 0 Å². The average molecular weight is 377 g/mol. The number of rotatable bonds is 6. The molecule has 0 saturated heterocycles. The fraction of sp³-hybridized carbons (Fsp3) is 0.227. The third kappa shape index (κ3) is 3.34. The van der Waals surface area contributed by atoms with Gasteiger partial charge in [-0.3, -0.25) is 14.6 Å². The van der Waals surface area contributed by atoms with Crippen LogP contribution < -0.4 is 11.1 Å². The number of hydrogen-bond acceptors (Lipinski definition) is 4. The number of nitrogens with two attached hydrogens (primary N) is 1. The molecule has 0 bridgehead atoms. The number of benzene rings is 2. The topological polar surface area (TPSA) is 78.5 Å². The Morgan fingerprint density at radius 3 is 2.75 bits per heavy atom. The Hall–Kier alpha value is -3.25. The summed E-state index contributed by atoms with van der Waals surface area (Å²) in [6.07, 6.45) is 6.13. The van der Waals surface area contributed by atoms with Crippen molar-refractivity contribution in [2.75, 3.05) is 6.54 Å². The second-order valence-electron chi connectivity index (χ2n) is 6.92. The predicted octanol–water partition coefficient (Wildman–Crippen LogP) is 3.53. The van der Waals surface area contributed by atoms with Crippen LogP contribution in [0.4, 0.5) is 0 Å². The molecule has 2 heterocycles. The highest BCUT2D eigenvalue weighted by Crippen LogP contribution is 2.30. The maximum Gasteiger partial charge on any atom is 0.253 e. The number of nitrogens with one attached hydrogen (secondary N) is 1. The predicted molar refractivity (Wildman–Crippen MR) is 109 cm³/mol. The third-order valence-corrected chi connectivity index (χ3v) is 5.10. The largest absolute Gasteiger partial charge is 0.349 e. The highest BCUT2D eigenvalue weighted by Gasteiger charge is 2.20. The molecule has 1 aliphatic rings. The second kappa shape index (κ2) is 7.78. The first-order chi connectivity index (χ1) is 13.7. The molecule has 0 saturated carbocycles. The number of hydrogen-bond donors (Lipinski definition) is 2. The Balaban J connectivity index is 1.66. The van der Waals surface area contributed by atoms with Crippen molar-refractivity contribution in [1.82, 2.24) is 9.88 Å². The summed E-state index contributed by atoms with van der Waals surface area (Å²) >= 11 is 0. The lowest BCUT2D eigenvalue weighted by molar-refractivity contribution is -0.199. The maximum atomic E-state index is 13.2. The molecule has 3 N–H and O–H groups in total. The number of fused-ring (bicyclic) bond motifs is 3. The van der Waals surface area contributed by atoms with Crippen molar-refractivity contribution in [3.63, 3.8) is 0 Å². The number of carbonyl (C=O) groups is 1. The van der Waals surface area contributed by atoms with Crippen molar-refractivity contribution in [3.8, 4) is 0 Å². The number of aromatic nitrogens is 1. The van der Waals surface area contributed by atoms with Crippen molar-refractivity contribution in [3.05, 3.63) is 72.2 Å². The first-order valence-electron chi connectivity index (χ1n) is 9.34. The Morgan fingerprint density at radius 1 is 1.14 bits per heavy atom. The van der Waals surface area contributed by atoms with E-state index in [1.54, 1.807) is 6.26 Å². The molecule has 0 spiro atoms. The van der Waals surface area contributed by atoms with Gasteiger partial charge in [0.1, 0.15) is 12.5 Å². The Bertz CT molecular complexity index is 1080. The summed E-state index contributed by atoms with van der Waals surface area (Å²) < 4.78 is 2.08. The van der Waals surface area contributed by atoms with Crippen molar-refractivity contribution in [1.29, 1.82) is 0 Å². The molecular weight excluding hydrogens is 354 g/mol. The summed E-state index contributed by atoms with van der Waals surface area (Å²) in [6, 6.07) is 13.9. The molecule has 3 aromatic rings. The van der Waals surface area contributed by atoms with Crippen LogP contribution in [0, 0.1) is 0 Å². The molecule has 6 heteroatoms. The minimum Gasteiger partial charge on any atom is -0.349 e. The number of nitrogens with zero attached hydrogens (tertiary/aromatic N) is 1. The lowest BCUT2D eigenvalue weighted by atomic mass is 10.0. The van der Waals surface area contributed by atoms with Crippen LogP contribution in [-0.2, 0) is 16.8 Å². The summed E-state index contributed by atoms with van der Waals surface area (Å²) in [6.45, 7) is 0.484. The van der Waals surface area contributed by atoms with E-state index in [1.165, 1.54) is 6.26 Å². The van der Waals surface area contributed by atoms with E-state index in [9.17, 15) is 4.79 Å². The second-order valence-corrected chi connectivity index (χ2v) is 6.92. The standard InChI is InChI=1S/C22H23N3O3/c1-25-20-8-3-2-5-17(20)18-6-4-7-19(21(18)25)22(26)24-16(9-11-23)13-15-10-12-27-28-14-15/h2-8,10,12,14,16H,9,11,13,23H2,1H3,(H,24,26). The van der Waals surface area contributed by atoms with Gasteiger partial charge < -0.3 is 15.6 Å². The van der Waals surface area contributed by atoms with Gasteiger partial charge in [-0.1, -0.05) is 30.3 Å². The molecule has 28 heavy (non-hydrogen) atoms. The lowest BCUT2D eigenvalue weighted by Crippen LogP contribution is -2.37. The highest BCUT2D eigenvalue weighted by atomic mass is 17.2. The number of aryl methyl sites for hydroxylation is 1. The number of carbonyl (C=O) groups excluding carboxylic acids is 1. The van der Waals surface area contributed by atoms with Crippen molar-refractivity contribution in [2.45, 2.75) is 18.9 Å². The van der Waals surface area contributed by atoms with Gasteiger partial charge in [0.15, 0.2) is 0 Å². The lowest BCUT2D eigenvalue weighted by Gasteiger charge is -2.20. The van der Waals surface area contributed by atoms with Crippen LogP contribution >= 0.6 is 0 Å². The zero-order chi connectivity index (χ0) is 19.5. The minimum absolute atomic E-state index is 0.0972. The molecule has 1 atom stereocenters. The molecule has 0 fully saturated rings. The molecule has 1 aliphatic heterocycles. The van der Waals surface area contributed by atoms with Gasteiger partial charge in [-0.05, 0) is 43.2 Å². The van der Waals surface area contributed by atoms with E-state index in [-0.39, 0.29) is 11.9 Å². The molecule has 6 nitrogen and oxygen atoms in total. The number of para-hydroxylation sites is 2. The first kappa shape index (κ1) is 18.1. The zero-order valence-electron chi connectivity index (χ0n) is 15.7. The number of amides is 1. The SMILES string of the molecule is Cn1c2ccccc2c2cccc(C(=O)NC(CCN)CC3=COOC=C3)c21. The summed E-state index contributed by atoms with van der Waals surface area (Å²) in [7, 11) is 1.99. The summed E-state index contributed by atoms with van der Waals surface area (Å²) in [5.74, 6) is -0.104. The normalized spacial score (nSPS) is 14.4. The molecule has 0 aliphatic carbocycles. The van der Waals surface area contributed by atoms with E-state index in [0.717, 1.165) is 27.4 Å². The van der Waals surface area contributed by atoms with Gasteiger partial charge in [-0.25, -0.2) is 0 Å². The number of allylic oxidation sites excluding steroid dienone is 1. The van der Waals surface area contributed by atoms with Gasteiger partial charge in [-0.15, -0.1) is 0 Å². The molecule has 144 valence electrons. The molecular formula is C22H23N3O3. The molecule has 1 amide bonds. The van der Waals surface area contributed by atoms with Crippen LogP contribution in [0.3, 0.4) is 0 Å². The van der Waals surface area contributed by atoms with Gasteiger partial charge in [0.2, 0.25) is 0 Å². The van der Waals surface area contributed by atoms with Crippen LogP contribution in [0.25, 0.3) is 21.8 Å². The van der Waals surface area contributed by atoms with E-state index in [2.05, 4.69) is 28.1 Å². The van der Waals surface area contributed by atoms with E-state index in [1.807, 2.05) is 37.4 Å². The van der Waals surface area contributed by atoms with E-state index >= 15 is 0 Å². The van der Waals surface area contributed by atoms with Crippen LogP contribution in [0.1, 0.15) is 23.2 Å². The van der Waals surface area contributed by atoms with Gasteiger partial charge in [0.25, 0.3) is 5.91 Å². The molecule has 2 aromatic carbocycles. The summed E-state index contributed by atoms with van der Waals surface area (Å²) in [5.41, 5.74) is 9.40.